The number of fused-ring (bicyclic) bond motifs is 8. The van der Waals surface area contributed by atoms with Crippen molar-refractivity contribution in [3.63, 3.8) is 0 Å². The van der Waals surface area contributed by atoms with Gasteiger partial charge in [0.25, 0.3) is 0 Å². The van der Waals surface area contributed by atoms with Gasteiger partial charge in [-0.2, -0.15) is 0 Å². The summed E-state index contributed by atoms with van der Waals surface area (Å²) in [6.45, 7) is 30.8. The van der Waals surface area contributed by atoms with Gasteiger partial charge in [0.05, 0.1) is 116 Å². The molecule has 16 rings (SSSR count). The standard InChI is InChI=1S/C15H20N2O2.C14H18N2O2.C14H20N2O.C13H16N2O2.C12H17N3O.C12H16N2O2.C12H16N2OS.C12H16N2O/c1-3-6-14(18)11-9-13-12(16-10-11)7-5-8-17(13)15(19)4-2;1-3-13(17)10-8-12-11(15-9-10)6-5-7-16(12)14(18)4-2;1-3-6-11-9-13-12(15-10-11)7-5-8-16(13)14(17)4-2;1-3-13(17)15-6-4-5-11-12(15)7-10(8-14-11)9(2)16;1-3-12(16)15-6-4-5-10-11(15)7-9(13-2)8-14-10;2*1-3-12(15)14-6-4-5-10-11(14)7-9(16-2)8-13-10;1-3-12(15)14-6-4-5-10-11(14)7-9(2)8-13-10/h9-10H,3-8H2,1-2H3;8-9H,3-7H2,1-2H3;9-10H,3-8H2,1-2H3;7-8H,3-6H2,1-2H3;7-8,13H,3-6H2,1-2H3;2*7-8H,3-6H2,1-2H3;7-8H,3-6H2,1-2H3. The van der Waals surface area contributed by atoms with E-state index in [0.717, 1.165) is 282 Å². The number of carbonyl (C=O) groups is 11. The molecule has 0 bridgehead atoms. The lowest BCUT2D eigenvalue weighted by molar-refractivity contribution is -0.119. The predicted molar refractivity (Wildman–Crippen MR) is 532 cm³/mol. The number of hydrogen-bond donors (Lipinski definition) is 1. The topological polar surface area (TPSA) is 338 Å². The highest BCUT2D eigenvalue weighted by atomic mass is 32.2. The number of amides is 8. The minimum absolute atomic E-state index is 0.0187. The average molecular weight is 1850 g/mol. The molecule has 0 radical (unpaired) electrons. The molecular formula is C104H139N17O12S. The lowest BCUT2D eigenvalue weighted by Crippen LogP contribution is -2.35. The maximum absolute atomic E-state index is 11.9. The fourth-order valence-electron chi connectivity index (χ4n) is 17.0. The lowest BCUT2D eigenvalue weighted by atomic mass is 10.0. The third-order valence-electron chi connectivity index (χ3n) is 24.4. The SMILES string of the molecule is CCC(=O)N1CCCc2ncc(C(C)=O)cc21.CCC(=O)N1CCCc2ncc(C)cc21.CCC(=O)N1CCCc2ncc(NC)cc21.CCC(=O)N1CCCc2ncc(OC)cc21.CCC(=O)N1CCCc2ncc(SC)cc21.CCC(=O)c1cnc2c(c1)N(C(=O)CC)CCC2.CCCC(=O)c1cnc2c(c1)N(C(=O)CC)CCC2.CCCc1cnc2c(c1)N(C(=O)CC)CCC2. The fourth-order valence-corrected chi connectivity index (χ4v) is 17.4. The van der Waals surface area contributed by atoms with Crippen LogP contribution in [-0.4, -0.2) is 177 Å². The first-order chi connectivity index (χ1) is 64.7. The summed E-state index contributed by atoms with van der Waals surface area (Å²) < 4.78 is 5.14. The van der Waals surface area contributed by atoms with Gasteiger partial charge in [-0.05, 0) is 189 Å². The van der Waals surface area contributed by atoms with Gasteiger partial charge in [0.1, 0.15) is 5.75 Å². The highest BCUT2D eigenvalue weighted by Crippen LogP contribution is 2.37. The van der Waals surface area contributed by atoms with Crippen LogP contribution in [0.5, 0.6) is 5.75 Å². The van der Waals surface area contributed by atoms with Crippen LogP contribution in [0.3, 0.4) is 0 Å². The van der Waals surface area contributed by atoms with Gasteiger partial charge >= 0.3 is 0 Å². The van der Waals surface area contributed by atoms with E-state index < -0.39 is 0 Å². The molecule has 8 aliphatic heterocycles. The van der Waals surface area contributed by atoms with Gasteiger partial charge in [-0.25, -0.2) is 0 Å². The molecule has 718 valence electrons. The molecule has 0 aromatic carbocycles. The number of carbonyl (C=O) groups excluding carboxylic acids is 11. The number of ether oxygens (including phenoxy) is 1. The molecule has 0 fully saturated rings. The molecule has 8 aromatic heterocycles. The van der Waals surface area contributed by atoms with Gasteiger partial charge in [-0.15, -0.1) is 11.8 Å². The van der Waals surface area contributed by atoms with Crippen molar-refractivity contribution in [1.82, 2.24) is 39.9 Å². The Bertz CT molecular complexity index is 5250. The smallest absolute Gasteiger partial charge is 0.226 e. The second kappa shape index (κ2) is 53.1. The summed E-state index contributed by atoms with van der Waals surface area (Å²) in [5.74, 6) is 2.07. The van der Waals surface area contributed by atoms with Crippen LogP contribution in [0.15, 0.2) is 103 Å². The maximum Gasteiger partial charge on any atom is 0.226 e. The van der Waals surface area contributed by atoms with E-state index in [-0.39, 0.29) is 64.6 Å². The zero-order valence-electron chi connectivity index (χ0n) is 81.9. The number of Topliss-reactive ketones (excluding diaryl/α,β-unsaturated/α-hetero) is 3. The molecule has 1 N–H and O–H groups in total. The maximum atomic E-state index is 11.9. The van der Waals surface area contributed by atoms with E-state index in [1.165, 1.54) is 12.5 Å². The second-order valence-corrected chi connectivity index (χ2v) is 34.6. The molecular weight excluding hydrogens is 1710 g/mol. The molecule has 0 saturated carbocycles. The van der Waals surface area contributed by atoms with E-state index in [2.05, 4.69) is 70.3 Å². The Morgan fingerprint density at radius 3 is 0.948 bits per heavy atom. The number of hydrogen-bond acceptors (Lipinski definition) is 22. The van der Waals surface area contributed by atoms with Crippen molar-refractivity contribution in [2.45, 2.75) is 281 Å². The largest absolute Gasteiger partial charge is 0.495 e. The Labute approximate surface area is 796 Å². The molecule has 0 atom stereocenters. The minimum atomic E-state index is -0.0187. The highest BCUT2D eigenvalue weighted by molar-refractivity contribution is 7.98. The molecule has 0 aliphatic carbocycles. The van der Waals surface area contributed by atoms with Crippen molar-refractivity contribution in [1.29, 1.82) is 0 Å². The number of anilines is 9. The Morgan fingerprint density at radius 2 is 0.619 bits per heavy atom. The number of rotatable bonds is 19. The molecule has 16 heterocycles. The monoisotopic (exact) mass is 1850 g/mol. The molecule has 8 aromatic rings. The van der Waals surface area contributed by atoms with Crippen LogP contribution in [0.1, 0.15) is 299 Å². The molecule has 134 heavy (non-hydrogen) atoms. The predicted octanol–water partition coefficient (Wildman–Crippen LogP) is 18.0. The summed E-state index contributed by atoms with van der Waals surface area (Å²) in [5.41, 5.74) is 20.6. The van der Waals surface area contributed by atoms with Crippen molar-refractivity contribution in [3.05, 3.63) is 171 Å². The Morgan fingerprint density at radius 1 is 0.328 bits per heavy atom. The molecule has 0 saturated heterocycles. The van der Waals surface area contributed by atoms with Crippen molar-refractivity contribution in [3.8, 4) is 5.75 Å². The molecule has 8 aliphatic rings. The van der Waals surface area contributed by atoms with E-state index in [4.69, 9.17) is 4.74 Å². The highest BCUT2D eigenvalue weighted by Gasteiger charge is 2.32. The van der Waals surface area contributed by atoms with Gasteiger partial charge in [-0.3, -0.25) is 92.6 Å². The quantitative estimate of drug-likeness (QED) is 0.0580. The van der Waals surface area contributed by atoms with Crippen LogP contribution in [0, 0.1) is 6.92 Å². The number of aryl methyl sites for hydroxylation is 10. The number of methoxy groups -OCH3 is 1. The van der Waals surface area contributed by atoms with Crippen LogP contribution < -0.4 is 49.3 Å². The van der Waals surface area contributed by atoms with Crippen LogP contribution in [0.25, 0.3) is 0 Å². The molecule has 0 spiro atoms. The molecule has 0 unspecified atom stereocenters. The summed E-state index contributed by atoms with van der Waals surface area (Å²) >= 11 is 1.66. The van der Waals surface area contributed by atoms with Gasteiger partial charge < -0.3 is 49.3 Å². The average Bonchev–Trinajstić information content (AvgIpc) is 0.866. The van der Waals surface area contributed by atoms with E-state index in [9.17, 15) is 52.7 Å². The molecule has 30 heteroatoms. The Balaban J connectivity index is 0.000000172. The number of pyridine rings is 8. The summed E-state index contributed by atoms with van der Waals surface area (Å²) in [6, 6.07) is 15.7. The summed E-state index contributed by atoms with van der Waals surface area (Å²) in [7, 11) is 3.47. The van der Waals surface area contributed by atoms with Crippen LogP contribution in [-0.2, 0) is 96.1 Å². The van der Waals surface area contributed by atoms with Crippen molar-refractivity contribution in [2.24, 2.45) is 0 Å². The molecule has 29 nitrogen and oxygen atoms in total. The summed E-state index contributed by atoms with van der Waals surface area (Å²) in [5, 5.41) is 3.05. The number of nitrogens with one attached hydrogen (secondary N) is 1. The zero-order valence-corrected chi connectivity index (χ0v) is 82.7. The number of ketones is 3. The van der Waals surface area contributed by atoms with E-state index >= 15 is 0 Å². The first kappa shape index (κ1) is 106. The third-order valence-corrected chi connectivity index (χ3v) is 25.1. The summed E-state index contributed by atoms with van der Waals surface area (Å²) in [6.07, 6.45) is 39.7. The van der Waals surface area contributed by atoms with Crippen molar-refractivity contribution < 1.29 is 57.5 Å². The van der Waals surface area contributed by atoms with E-state index in [1.807, 2.05) is 163 Å². The minimum Gasteiger partial charge on any atom is -0.495 e. The normalized spacial score (nSPS) is 14.5. The van der Waals surface area contributed by atoms with Gasteiger partial charge in [0, 0.05) is 188 Å². The van der Waals surface area contributed by atoms with E-state index in [0.29, 0.717) is 86.6 Å². The molecule has 8 amide bonds. The van der Waals surface area contributed by atoms with Gasteiger partial charge in [-0.1, -0.05) is 82.6 Å². The zero-order chi connectivity index (χ0) is 97.1. The van der Waals surface area contributed by atoms with Crippen molar-refractivity contribution in [2.75, 3.05) is 117 Å². The number of thioether (sulfide) groups is 1. The van der Waals surface area contributed by atoms with Crippen LogP contribution in [0.2, 0.25) is 0 Å². The Kier molecular flexibility index (Phi) is 41.9. The number of aromatic nitrogens is 8. The van der Waals surface area contributed by atoms with Crippen molar-refractivity contribution >= 4 is 128 Å². The second-order valence-electron chi connectivity index (χ2n) is 33.8. The van der Waals surface area contributed by atoms with Gasteiger partial charge in [0.15, 0.2) is 17.3 Å². The first-order valence-corrected chi connectivity index (χ1v) is 49.6. The van der Waals surface area contributed by atoms with Crippen LogP contribution in [0.4, 0.5) is 51.2 Å². The first-order valence-electron chi connectivity index (χ1n) is 48.4. The summed E-state index contributed by atoms with van der Waals surface area (Å²) in [4.78, 5) is 181. The fraction of sp³-hybridized carbons (Fsp3) is 0.510. The number of nitrogens with zero attached hydrogens (tertiary/aromatic N) is 16. The Hall–Kier alpha value is -12.1. The van der Waals surface area contributed by atoms with Crippen LogP contribution >= 0.6 is 11.8 Å². The van der Waals surface area contributed by atoms with Gasteiger partial charge in [0.2, 0.25) is 47.3 Å². The third kappa shape index (κ3) is 28.0. The lowest BCUT2D eigenvalue weighted by Gasteiger charge is -2.29. The van der Waals surface area contributed by atoms with E-state index in [1.54, 1.807) is 64.4 Å².